The second kappa shape index (κ2) is 4.17. The topological polar surface area (TPSA) is 44.9 Å². The molecule has 4 heteroatoms. The Bertz CT molecular complexity index is 423. The number of rotatable bonds is 4. The molecule has 0 amide bonds. The minimum atomic E-state index is 0.627. The fourth-order valence-electron chi connectivity index (χ4n) is 2.19. The molecule has 0 bridgehead atoms. The fourth-order valence-corrected chi connectivity index (χ4v) is 2.19. The molecule has 0 aliphatic heterocycles. The molecule has 1 saturated carbocycles. The molecule has 4 nitrogen and oxygen atoms in total. The van der Waals surface area contributed by atoms with E-state index >= 15 is 0 Å². The number of aryl methyl sites for hydroxylation is 2. The van der Waals surface area contributed by atoms with E-state index in [1.807, 2.05) is 18.7 Å². The quantitative estimate of drug-likeness (QED) is 0.776. The lowest BCUT2D eigenvalue weighted by atomic mass is 10.2. The third kappa shape index (κ3) is 1.78. The van der Waals surface area contributed by atoms with Crippen LogP contribution in [0.2, 0.25) is 0 Å². The Labute approximate surface area is 96.5 Å². The largest absolute Gasteiger partial charge is 0.353 e. The summed E-state index contributed by atoms with van der Waals surface area (Å²) in [7, 11) is 1.92. The summed E-state index contributed by atoms with van der Waals surface area (Å²) in [4.78, 5) is 2.35. The van der Waals surface area contributed by atoms with Crippen molar-refractivity contribution in [2.45, 2.75) is 39.2 Å². The number of nitrogens with zero attached hydrogens (tertiary/aromatic N) is 4. The van der Waals surface area contributed by atoms with Crippen LogP contribution in [0.1, 0.15) is 37.4 Å². The van der Waals surface area contributed by atoms with Crippen LogP contribution in [0, 0.1) is 18.3 Å². The van der Waals surface area contributed by atoms with Gasteiger partial charge < -0.3 is 4.90 Å². The van der Waals surface area contributed by atoms with Gasteiger partial charge in [-0.15, -0.1) is 0 Å². The predicted molar refractivity (Wildman–Crippen MR) is 63.3 cm³/mol. The van der Waals surface area contributed by atoms with E-state index in [4.69, 9.17) is 0 Å². The average Bonchev–Trinajstić information content (AvgIpc) is 3.02. The third-order valence-electron chi connectivity index (χ3n) is 3.03. The van der Waals surface area contributed by atoms with Crippen LogP contribution in [0.5, 0.6) is 0 Å². The van der Waals surface area contributed by atoms with Crippen LogP contribution in [0.4, 0.5) is 5.82 Å². The van der Waals surface area contributed by atoms with Gasteiger partial charge in [-0.2, -0.15) is 10.4 Å². The van der Waals surface area contributed by atoms with Gasteiger partial charge in [0.05, 0.1) is 5.69 Å². The van der Waals surface area contributed by atoms with Gasteiger partial charge in [-0.05, 0) is 26.2 Å². The normalized spacial score (nSPS) is 14.9. The number of aromatic nitrogens is 2. The van der Waals surface area contributed by atoms with E-state index in [0.29, 0.717) is 6.04 Å². The van der Waals surface area contributed by atoms with E-state index in [1.165, 1.54) is 12.8 Å². The summed E-state index contributed by atoms with van der Waals surface area (Å²) in [6, 6.07) is 2.91. The highest BCUT2D eigenvalue weighted by molar-refractivity contribution is 5.58. The lowest BCUT2D eigenvalue weighted by molar-refractivity contribution is 0.683. The Hall–Kier alpha value is -1.50. The molecule has 0 saturated heterocycles. The van der Waals surface area contributed by atoms with Crippen molar-refractivity contribution in [2.75, 3.05) is 11.4 Å². The Balaban J connectivity index is 2.40. The molecule has 0 unspecified atom stereocenters. The van der Waals surface area contributed by atoms with Crippen molar-refractivity contribution in [3.63, 3.8) is 0 Å². The zero-order chi connectivity index (χ0) is 11.7. The standard InChI is InChI=1S/C12H18N4/c1-4-7-16(10-5-6-10)12-11(8-13)9(2)14-15(12)3/h10H,4-7H2,1-3H3. The Morgan fingerprint density at radius 2 is 2.25 bits per heavy atom. The lowest BCUT2D eigenvalue weighted by Gasteiger charge is -2.24. The molecule has 1 aromatic rings. The van der Waals surface area contributed by atoms with Gasteiger partial charge in [0.15, 0.2) is 0 Å². The molecule has 2 rings (SSSR count). The SMILES string of the molecule is CCCN(c1c(C#N)c(C)nn1C)C1CC1. The van der Waals surface area contributed by atoms with Crippen molar-refractivity contribution in [1.29, 1.82) is 5.26 Å². The Kier molecular flexibility index (Phi) is 2.86. The highest BCUT2D eigenvalue weighted by Crippen LogP contribution is 2.34. The molecule has 0 aromatic carbocycles. The molecule has 16 heavy (non-hydrogen) atoms. The maximum atomic E-state index is 9.20. The second-order valence-electron chi connectivity index (χ2n) is 4.44. The average molecular weight is 218 g/mol. The highest BCUT2D eigenvalue weighted by atomic mass is 15.4. The van der Waals surface area contributed by atoms with Gasteiger partial charge >= 0.3 is 0 Å². The smallest absolute Gasteiger partial charge is 0.145 e. The van der Waals surface area contributed by atoms with Gasteiger partial charge in [-0.25, -0.2) is 0 Å². The molecular weight excluding hydrogens is 200 g/mol. The first-order valence-electron chi connectivity index (χ1n) is 5.89. The molecule has 1 aromatic heterocycles. The second-order valence-corrected chi connectivity index (χ2v) is 4.44. The van der Waals surface area contributed by atoms with E-state index in [-0.39, 0.29) is 0 Å². The summed E-state index contributed by atoms with van der Waals surface area (Å²) in [5.74, 6) is 1.00. The monoisotopic (exact) mass is 218 g/mol. The molecule has 86 valence electrons. The van der Waals surface area contributed by atoms with Crippen LogP contribution in [-0.4, -0.2) is 22.4 Å². The summed E-state index contributed by atoms with van der Waals surface area (Å²) < 4.78 is 1.85. The van der Waals surface area contributed by atoms with Crippen molar-refractivity contribution < 1.29 is 0 Å². The van der Waals surface area contributed by atoms with Gasteiger partial charge in [0.1, 0.15) is 17.5 Å². The van der Waals surface area contributed by atoms with Crippen molar-refractivity contribution in [2.24, 2.45) is 7.05 Å². The van der Waals surface area contributed by atoms with Gasteiger partial charge in [-0.1, -0.05) is 6.92 Å². The molecule has 0 spiro atoms. The number of anilines is 1. The third-order valence-corrected chi connectivity index (χ3v) is 3.03. The highest BCUT2D eigenvalue weighted by Gasteiger charge is 2.32. The summed E-state index contributed by atoms with van der Waals surface area (Å²) >= 11 is 0. The van der Waals surface area contributed by atoms with Crippen LogP contribution >= 0.6 is 0 Å². The van der Waals surface area contributed by atoms with E-state index in [0.717, 1.165) is 30.0 Å². The Morgan fingerprint density at radius 1 is 1.56 bits per heavy atom. The van der Waals surface area contributed by atoms with Crippen LogP contribution < -0.4 is 4.90 Å². The Morgan fingerprint density at radius 3 is 2.75 bits per heavy atom. The van der Waals surface area contributed by atoms with Crippen LogP contribution in [0.3, 0.4) is 0 Å². The zero-order valence-corrected chi connectivity index (χ0v) is 10.2. The molecule has 1 aliphatic carbocycles. The minimum absolute atomic E-state index is 0.627. The van der Waals surface area contributed by atoms with E-state index < -0.39 is 0 Å². The molecule has 1 aliphatic rings. The number of nitriles is 1. The van der Waals surface area contributed by atoms with E-state index in [2.05, 4.69) is 23.0 Å². The summed E-state index contributed by atoms with van der Waals surface area (Å²) in [5.41, 5.74) is 1.57. The molecule has 0 radical (unpaired) electrons. The first-order chi connectivity index (χ1) is 7.69. The minimum Gasteiger partial charge on any atom is -0.353 e. The summed E-state index contributed by atoms with van der Waals surface area (Å²) in [5, 5.41) is 13.5. The van der Waals surface area contributed by atoms with Crippen molar-refractivity contribution in [3.8, 4) is 6.07 Å². The maximum Gasteiger partial charge on any atom is 0.145 e. The van der Waals surface area contributed by atoms with Gasteiger partial charge in [-0.3, -0.25) is 4.68 Å². The maximum absolute atomic E-state index is 9.20. The summed E-state index contributed by atoms with van der Waals surface area (Å²) in [6.07, 6.45) is 3.59. The van der Waals surface area contributed by atoms with Crippen molar-refractivity contribution in [1.82, 2.24) is 9.78 Å². The van der Waals surface area contributed by atoms with Gasteiger partial charge in [0, 0.05) is 19.6 Å². The molecule has 1 fully saturated rings. The predicted octanol–water partition coefficient (Wildman–Crippen LogP) is 1.98. The van der Waals surface area contributed by atoms with Crippen LogP contribution in [-0.2, 0) is 7.05 Å². The van der Waals surface area contributed by atoms with E-state index in [1.54, 1.807) is 0 Å². The first-order valence-corrected chi connectivity index (χ1v) is 5.89. The van der Waals surface area contributed by atoms with Gasteiger partial charge in [0.2, 0.25) is 0 Å². The van der Waals surface area contributed by atoms with Crippen LogP contribution in [0.15, 0.2) is 0 Å². The first kappa shape index (κ1) is 11.0. The van der Waals surface area contributed by atoms with E-state index in [9.17, 15) is 5.26 Å². The zero-order valence-electron chi connectivity index (χ0n) is 10.2. The molecule has 1 heterocycles. The molecule has 0 atom stereocenters. The number of hydrogen-bond acceptors (Lipinski definition) is 3. The van der Waals surface area contributed by atoms with Crippen LogP contribution in [0.25, 0.3) is 0 Å². The summed E-state index contributed by atoms with van der Waals surface area (Å²) in [6.45, 7) is 5.09. The molecular formula is C12H18N4. The number of hydrogen-bond donors (Lipinski definition) is 0. The van der Waals surface area contributed by atoms with Crippen molar-refractivity contribution >= 4 is 5.82 Å². The van der Waals surface area contributed by atoms with Crippen molar-refractivity contribution in [3.05, 3.63) is 11.3 Å². The lowest BCUT2D eigenvalue weighted by Crippen LogP contribution is -2.29. The molecule has 0 N–H and O–H groups in total. The van der Waals surface area contributed by atoms with Gasteiger partial charge in [0.25, 0.3) is 0 Å². The fraction of sp³-hybridized carbons (Fsp3) is 0.667.